The second-order valence-electron chi connectivity index (χ2n) is 14.6. The Hall–Kier alpha value is -4.45. The second kappa shape index (κ2) is 11.0. The van der Waals surface area contributed by atoms with Gasteiger partial charge in [-0.2, -0.15) is 0 Å². The van der Waals surface area contributed by atoms with E-state index in [4.69, 9.17) is 11.6 Å². The van der Waals surface area contributed by atoms with Gasteiger partial charge in [0.2, 0.25) is 5.75 Å². The normalized spacial score (nSPS) is 13.5. The third kappa shape index (κ3) is 4.78. The molecule has 1 aromatic heterocycles. The molecule has 0 aliphatic heterocycles. The van der Waals surface area contributed by atoms with Gasteiger partial charge in [0.15, 0.2) is 11.5 Å². The van der Waals surface area contributed by atoms with Crippen molar-refractivity contribution in [3.05, 3.63) is 117 Å². The Morgan fingerprint density at radius 2 is 1.42 bits per heavy atom. The number of halogens is 1. The van der Waals surface area contributed by atoms with E-state index in [9.17, 15) is 15.3 Å². The molecule has 6 heteroatoms. The average molecular weight is 674 g/mol. The molecule has 1 aliphatic rings. The van der Waals surface area contributed by atoms with Crippen molar-refractivity contribution in [3.8, 4) is 39.5 Å². The van der Waals surface area contributed by atoms with Gasteiger partial charge < -0.3 is 20.2 Å². The molecular weight excluding hydrogens is 634 g/mol. The van der Waals surface area contributed by atoms with Crippen molar-refractivity contribution in [1.82, 2.24) is 0 Å². The van der Waals surface area contributed by atoms with Gasteiger partial charge in [-0.15, -0.1) is 11.3 Å². The van der Waals surface area contributed by atoms with Crippen molar-refractivity contribution >= 4 is 50.1 Å². The number of fused-ring (bicyclic) bond motifs is 4. The standard InChI is InChI=1S/C42H40ClNO3S/c1-22-17-25(36-23(2)24(3)38(45)40(47)39(36)46)18-33(37(22)43)44(27-15-13-26(14-16-27)41(4,5)6)34-21-48-35-20-32-29(19-30(34)35)28-11-9-10-12-31(28)42(32,7)8/h9-21,45-47H,1-8H3. The molecule has 0 bridgehead atoms. The smallest absolute Gasteiger partial charge is 0.201 e. The molecule has 0 saturated carbocycles. The van der Waals surface area contributed by atoms with Gasteiger partial charge in [-0.1, -0.05) is 82.6 Å². The molecule has 0 saturated heterocycles. The van der Waals surface area contributed by atoms with Crippen LogP contribution in [0.3, 0.4) is 0 Å². The van der Waals surface area contributed by atoms with Gasteiger partial charge >= 0.3 is 0 Å². The zero-order valence-electron chi connectivity index (χ0n) is 28.6. The van der Waals surface area contributed by atoms with Gasteiger partial charge in [-0.3, -0.25) is 0 Å². The number of hydrogen-bond donors (Lipinski definition) is 3. The van der Waals surface area contributed by atoms with Crippen LogP contribution < -0.4 is 4.90 Å². The van der Waals surface area contributed by atoms with Crippen LogP contribution in [0.2, 0.25) is 5.02 Å². The predicted octanol–water partition coefficient (Wildman–Crippen LogP) is 12.3. The lowest BCUT2D eigenvalue weighted by Crippen LogP contribution is -2.15. The lowest BCUT2D eigenvalue weighted by atomic mass is 9.82. The van der Waals surface area contributed by atoms with E-state index >= 15 is 0 Å². The molecule has 7 rings (SSSR count). The number of aromatic hydroxyl groups is 3. The van der Waals surface area contributed by atoms with Crippen molar-refractivity contribution in [1.29, 1.82) is 0 Å². The average Bonchev–Trinajstić information content (AvgIpc) is 3.56. The number of anilines is 3. The van der Waals surface area contributed by atoms with Crippen LogP contribution in [0.1, 0.15) is 68.0 Å². The molecule has 0 atom stereocenters. The maximum Gasteiger partial charge on any atom is 0.201 e. The Balaban J connectivity index is 1.51. The fourth-order valence-corrected chi connectivity index (χ4v) is 8.40. The van der Waals surface area contributed by atoms with Crippen LogP contribution in [0.5, 0.6) is 17.2 Å². The Morgan fingerprint density at radius 3 is 2.10 bits per heavy atom. The van der Waals surface area contributed by atoms with Crippen molar-refractivity contribution in [2.45, 2.75) is 66.2 Å². The number of nitrogens with zero attached hydrogens (tertiary/aromatic N) is 1. The third-order valence-corrected chi connectivity index (χ3v) is 11.7. The second-order valence-corrected chi connectivity index (χ2v) is 15.9. The van der Waals surface area contributed by atoms with E-state index in [1.165, 1.54) is 32.5 Å². The van der Waals surface area contributed by atoms with E-state index in [0.29, 0.717) is 27.3 Å². The SMILES string of the molecule is Cc1cc(-c2c(C)c(C)c(O)c(O)c2O)cc(N(c2ccc(C(C)(C)C)cc2)c2csc3cc4c(cc23)-c2ccccc2C4(C)C)c1Cl. The molecule has 0 unspecified atom stereocenters. The van der Waals surface area contributed by atoms with Crippen LogP contribution in [0.15, 0.2) is 78.2 Å². The molecule has 4 nitrogen and oxygen atoms in total. The molecule has 1 aliphatic carbocycles. The minimum Gasteiger partial charge on any atom is -0.504 e. The lowest BCUT2D eigenvalue weighted by molar-refractivity contribution is 0.366. The summed E-state index contributed by atoms with van der Waals surface area (Å²) in [5.74, 6) is -1.21. The largest absolute Gasteiger partial charge is 0.504 e. The topological polar surface area (TPSA) is 63.9 Å². The van der Waals surface area contributed by atoms with Crippen LogP contribution in [0.25, 0.3) is 32.3 Å². The fourth-order valence-electron chi connectivity index (χ4n) is 7.26. The highest BCUT2D eigenvalue weighted by Gasteiger charge is 2.36. The number of aryl methyl sites for hydroxylation is 1. The van der Waals surface area contributed by atoms with Gasteiger partial charge in [0.1, 0.15) is 0 Å². The van der Waals surface area contributed by atoms with Gasteiger partial charge in [-0.05, 0) is 113 Å². The van der Waals surface area contributed by atoms with E-state index in [0.717, 1.165) is 28.0 Å². The summed E-state index contributed by atoms with van der Waals surface area (Å²) in [4.78, 5) is 2.21. The van der Waals surface area contributed by atoms with Crippen molar-refractivity contribution in [3.63, 3.8) is 0 Å². The molecule has 3 N–H and O–H groups in total. The van der Waals surface area contributed by atoms with Crippen molar-refractivity contribution in [2.75, 3.05) is 4.90 Å². The molecule has 6 aromatic rings. The molecule has 0 amide bonds. The Kier molecular flexibility index (Phi) is 7.39. The lowest BCUT2D eigenvalue weighted by Gasteiger charge is -2.29. The molecule has 0 fully saturated rings. The number of phenols is 3. The molecule has 48 heavy (non-hydrogen) atoms. The first-order valence-electron chi connectivity index (χ1n) is 16.2. The first-order valence-corrected chi connectivity index (χ1v) is 17.5. The molecule has 0 radical (unpaired) electrons. The summed E-state index contributed by atoms with van der Waals surface area (Å²) in [6, 6.07) is 25.9. The number of rotatable bonds is 4. The maximum atomic E-state index is 11.1. The number of phenolic OH excluding ortho intramolecular Hbond substituents is 3. The van der Waals surface area contributed by atoms with Crippen LogP contribution in [-0.2, 0) is 10.8 Å². The molecular formula is C42H40ClNO3S. The van der Waals surface area contributed by atoms with Crippen molar-refractivity contribution in [2.24, 2.45) is 0 Å². The Morgan fingerprint density at radius 1 is 0.729 bits per heavy atom. The minimum absolute atomic E-state index is 0.0128. The van der Waals surface area contributed by atoms with Crippen LogP contribution >= 0.6 is 22.9 Å². The first-order chi connectivity index (χ1) is 22.6. The highest BCUT2D eigenvalue weighted by Crippen LogP contribution is 2.54. The first kappa shape index (κ1) is 32.1. The monoisotopic (exact) mass is 673 g/mol. The maximum absolute atomic E-state index is 11.1. The van der Waals surface area contributed by atoms with E-state index < -0.39 is 5.75 Å². The van der Waals surface area contributed by atoms with E-state index in [-0.39, 0.29) is 22.3 Å². The highest BCUT2D eigenvalue weighted by molar-refractivity contribution is 7.17. The van der Waals surface area contributed by atoms with Gasteiger partial charge in [0.25, 0.3) is 0 Å². The summed E-state index contributed by atoms with van der Waals surface area (Å²) in [6.45, 7) is 16.7. The number of benzene rings is 5. The molecule has 0 spiro atoms. The van der Waals surface area contributed by atoms with Gasteiger partial charge in [0, 0.05) is 32.1 Å². The molecule has 1 heterocycles. The quantitative estimate of drug-likeness (QED) is 0.163. The minimum atomic E-state index is -0.530. The zero-order chi connectivity index (χ0) is 34.4. The summed E-state index contributed by atoms with van der Waals surface area (Å²) in [5, 5.41) is 36.1. The predicted molar refractivity (Wildman–Crippen MR) is 202 cm³/mol. The van der Waals surface area contributed by atoms with Crippen LogP contribution in [0, 0.1) is 20.8 Å². The Labute approximate surface area is 291 Å². The van der Waals surface area contributed by atoms with Gasteiger partial charge in [0.05, 0.1) is 16.4 Å². The fraction of sp³-hybridized carbons (Fsp3) is 0.238. The van der Waals surface area contributed by atoms with E-state index in [1.54, 1.807) is 18.3 Å². The van der Waals surface area contributed by atoms with E-state index in [2.05, 4.69) is 106 Å². The summed E-state index contributed by atoms with van der Waals surface area (Å²) >= 11 is 8.96. The van der Waals surface area contributed by atoms with Crippen molar-refractivity contribution < 1.29 is 15.3 Å². The summed E-state index contributed by atoms with van der Waals surface area (Å²) in [5.41, 5.74) is 12.1. The number of hydrogen-bond acceptors (Lipinski definition) is 5. The van der Waals surface area contributed by atoms with Crippen LogP contribution in [-0.4, -0.2) is 15.3 Å². The van der Waals surface area contributed by atoms with Gasteiger partial charge in [-0.25, -0.2) is 0 Å². The molecule has 244 valence electrons. The Bertz CT molecular complexity index is 2250. The summed E-state index contributed by atoms with van der Waals surface area (Å²) in [7, 11) is 0. The third-order valence-electron chi connectivity index (χ3n) is 10.2. The summed E-state index contributed by atoms with van der Waals surface area (Å²) in [6.07, 6.45) is 0. The number of thiophene rings is 1. The zero-order valence-corrected chi connectivity index (χ0v) is 30.2. The molecule has 5 aromatic carbocycles. The van der Waals surface area contributed by atoms with E-state index in [1.807, 2.05) is 26.0 Å². The summed E-state index contributed by atoms with van der Waals surface area (Å²) < 4.78 is 1.19. The highest BCUT2D eigenvalue weighted by atomic mass is 35.5. The van der Waals surface area contributed by atoms with Crippen LogP contribution in [0.4, 0.5) is 17.1 Å².